The van der Waals surface area contributed by atoms with E-state index in [1.807, 2.05) is 62.4 Å². The van der Waals surface area contributed by atoms with Gasteiger partial charge in [-0.15, -0.1) is 11.8 Å². The second kappa shape index (κ2) is 11.1. The largest absolute Gasteiger partial charge is 0.355 e. The molecule has 28 heavy (non-hydrogen) atoms. The number of carbonyl (C=O) groups is 2. The zero-order valence-corrected chi connectivity index (χ0v) is 18.1. The van der Waals surface area contributed by atoms with Gasteiger partial charge >= 0.3 is 0 Å². The number of rotatable bonds is 9. The lowest BCUT2D eigenvalue weighted by atomic mass is 10.1. The fraction of sp³-hybridized carbons (Fsp3) is 0.364. The normalized spacial score (nSPS) is 11.7. The first-order chi connectivity index (χ1) is 13.4. The summed E-state index contributed by atoms with van der Waals surface area (Å²) in [5, 5.41) is 3.51. The van der Waals surface area contributed by atoms with E-state index in [4.69, 9.17) is 11.6 Å². The van der Waals surface area contributed by atoms with Crippen molar-refractivity contribution < 1.29 is 9.59 Å². The molecule has 2 aromatic carbocycles. The van der Waals surface area contributed by atoms with Crippen LogP contribution >= 0.6 is 23.4 Å². The zero-order chi connectivity index (χ0) is 20.5. The van der Waals surface area contributed by atoms with Crippen LogP contribution in [0.2, 0.25) is 5.02 Å². The number of amides is 2. The number of hydrogen-bond donors (Lipinski definition) is 1. The van der Waals surface area contributed by atoms with Crippen LogP contribution in [-0.2, 0) is 21.9 Å². The summed E-state index contributed by atoms with van der Waals surface area (Å²) in [7, 11) is 0. The number of thioether (sulfide) groups is 1. The van der Waals surface area contributed by atoms with Crippen LogP contribution in [0.1, 0.15) is 30.5 Å². The lowest BCUT2D eigenvalue weighted by Gasteiger charge is -2.28. The maximum Gasteiger partial charge on any atom is 0.242 e. The van der Waals surface area contributed by atoms with Crippen LogP contribution in [0, 0.1) is 6.92 Å². The van der Waals surface area contributed by atoms with Gasteiger partial charge in [0.05, 0.1) is 5.75 Å². The highest BCUT2D eigenvalue weighted by Gasteiger charge is 2.25. The van der Waals surface area contributed by atoms with Crippen molar-refractivity contribution in [3.05, 3.63) is 70.2 Å². The molecular weight excluding hydrogens is 392 g/mol. The quantitative estimate of drug-likeness (QED) is 0.655. The van der Waals surface area contributed by atoms with Gasteiger partial charge < -0.3 is 10.2 Å². The number of nitrogens with zero attached hydrogens (tertiary/aromatic N) is 1. The third kappa shape index (κ3) is 6.57. The minimum atomic E-state index is -0.533. The Morgan fingerprint density at radius 1 is 1.18 bits per heavy atom. The van der Waals surface area contributed by atoms with E-state index in [0.29, 0.717) is 29.6 Å². The van der Waals surface area contributed by atoms with E-state index in [1.54, 1.807) is 11.8 Å². The van der Waals surface area contributed by atoms with Crippen LogP contribution in [0.5, 0.6) is 0 Å². The Bertz CT molecular complexity index is 813. The third-order valence-electron chi connectivity index (χ3n) is 4.39. The summed E-state index contributed by atoms with van der Waals surface area (Å²) in [4.78, 5) is 27.0. The van der Waals surface area contributed by atoms with E-state index in [9.17, 15) is 9.59 Å². The van der Waals surface area contributed by atoms with Crippen molar-refractivity contribution in [2.75, 3.05) is 12.3 Å². The first kappa shape index (κ1) is 22.3. The van der Waals surface area contributed by atoms with Gasteiger partial charge in [-0.05, 0) is 38.0 Å². The predicted molar refractivity (Wildman–Crippen MR) is 117 cm³/mol. The highest BCUT2D eigenvalue weighted by atomic mass is 35.5. The molecule has 6 heteroatoms. The lowest BCUT2D eigenvalue weighted by molar-refractivity contribution is -0.138. The molecule has 0 aliphatic rings. The van der Waals surface area contributed by atoms with Gasteiger partial charge in [0, 0.05) is 23.9 Å². The van der Waals surface area contributed by atoms with Gasteiger partial charge in [0.25, 0.3) is 0 Å². The van der Waals surface area contributed by atoms with Crippen molar-refractivity contribution in [2.24, 2.45) is 0 Å². The average molecular weight is 419 g/mol. The van der Waals surface area contributed by atoms with Crippen molar-refractivity contribution in [1.29, 1.82) is 0 Å². The standard InChI is InChI=1S/C22H27ClN2O2S/c1-4-24-22(27)17(3)25(13-18-9-7-8-16(2)12-18)21(26)15-28-14-19-10-5-6-11-20(19)23/h5-12,17H,4,13-15H2,1-3H3,(H,24,27). The molecule has 0 saturated heterocycles. The highest BCUT2D eigenvalue weighted by molar-refractivity contribution is 7.99. The Labute approximate surface area is 176 Å². The molecule has 1 unspecified atom stereocenters. The zero-order valence-electron chi connectivity index (χ0n) is 16.6. The minimum Gasteiger partial charge on any atom is -0.355 e. The Morgan fingerprint density at radius 2 is 1.93 bits per heavy atom. The van der Waals surface area contributed by atoms with E-state index in [1.165, 1.54) is 11.8 Å². The molecule has 1 atom stereocenters. The van der Waals surface area contributed by atoms with Crippen LogP contribution in [0.3, 0.4) is 0 Å². The maximum absolute atomic E-state index is 12.9. The van der Waals surface area contributed by atoms with Crippen LogP contribution in [-0.4, -0.2) is 35.1 Å². The molecule has 2 aromatic rings. The summed E-state index contributed by atoms with van der Waals surface area (Å²) in [6, 6.07) is 15.1. The van der Waals surface area contributed by atoms with Gasteiger partial charge in [-0.3, -0.25) is 9.59 Å². The molecule has 2 rings (SSSR count). The van der Waals surface area contributed by atoms with Crippen LogP contribution < -0.4 is 5.32 Å². The van der Waals surface area contributed by atoms with Crippen LogP contribution in [0.4, 0.5) is 0 Å². The van der Waals surface area contributed by atoms with Crippen molar-refractivity contribution in [1.82, 2.24) is 10.2 Å². The molecule has 0 fully saturated rings. The molecular formula is C22H27ClN2O2S. The average Bonchev–Trinajstić information content (AvgIpc) is 2.67. The predicted octanol–water partition coefficient (Wildman–Crippen LogP) is 4.44. The minimum absolute atomic E-state index is 0.0580. The fourth-order valence-corrected chi connectivity index (χ4v) is 4.05. The van der Waals surface area contributed by atoms with Crippen molar-refractivity contribution >= 4 is 35.2 Å². The summed E-state index contributed by atoms with van der Waals surface area (Å²) >= 11 is 7.70. The summed E-state index contributed by atoms with van der Waals surface area (Å²) < 4.78 is 0. The molecule has 0 aliphatic heterocycles. The SMILES string of the molecule is CCNC(=O)C(C)N(Cc1cccc(C)c1)C(=O)CSCc1ccccc1Cl. The molecule has 0 aromatic heterocycles. The second-order valence-electron chi connectivity index (χ2n) is 6.67. The Kier molecular flexibility index (Phi) is 8.87. The number of hydrogen-bond acceptors (Lipinski definition) is 3. The molecule has 0 aliphatic carbocycles. The molecule has 0 radical (unpaired) electrons. The number of halogens is 1. The Balaban J connectivity index is 2.07. The van der Waals surface area contributed by atoms with E-state index in [2.05, 4.69) is 5.32 Å². The maximum atomic E-state index is 12.9. The van der Waals surface area contributed by atoms with Crippen molar-refractivity contribution in [3.8, 4) is 0 Å². The summed E-state index contributed by atoms with van der Waals surface area (Å²) in [5.41, 5.74) is 3.15. The summed E-state index contributed by atoms with van der Waals surface area (Å²) in [6.07, 6.45) is 0. The van der Waals surface area contributed by atoms with Crippen molar-refractivity contribution in [3.63, 3.8) is 0 Å². The molecule has 0 spiro atoms. The molecule has 2 amide bonds. The third-order valence-corrected chi connectivity index (χ3v) is 5.73. The molecule has 0 heterocycles. The number of carbonyl (C=O) groups excluding carboxylic acids is 2. The highest BCUT2D eigenvalue weighted by Crippen LogP contribution is 2.21. The first-order valence-corrected chi connectivity index (χ1v) is 10.9. The summed E-state index contributed by atoms with van der Waals surface area (Å²) in [5.74, 6) is 0.747. The van der Waals surface area contributed by atoms with Gasteiger partial charge in [-0.2, -0.15) is 0 Å². The van der Waals surface area contributed by atoms with Crippen LogP contribution in [0.15, 0.2) is 48.5 Å². The van der Waals surface area contributed by atoms with Gasteiger partial charge in [0.15, 0.2) is 0 Å². The van der Waals surface area contributed by atoms with Gasteiger partial charge in [-0.25, -0.2) is 0 Å². The smallest absolute Gasteiger partial charge is 0.242 e. The van der Waals surface area contributed by atoms with Gasteiger partial charge in [-0.1, -0.05) is 59.6 Å². The van der Waals surface area contributed by atoms with Gasteiger partial charge in [0.2, 0.25) is 11.8 Å². The number of likely N-dealkylation sites (N-methyl/N-ethyl adjacent to an activating group) is 1. The molecule has 4 nitrogen and oxygen atoms in total. The van der Waals surface area contributed by atoms with E-state index in [-0.39, 0.29) is 11.8 Å². The second-order valence-corrected chi connectivity index (χ2v) is 8.06. The monoisotopic (exact) mass is 418 g/mol. The molecule has 1 N–H and O–H groups in total. The number of aryl methyl sites for hydroxylation is 1. The Hall–Kier alpha value is -1.98. The number of benzene rings is 2. The fourth-order valence-electron chi connectivity index (χ4n) is 2.86. The van der Waals surface area contributed by atoms with Gasteiger partial charge in [0.1, 0.15) is 6.04 Å². The molecule has 0 saturated carbocycles. The van der Waals surface area contributed by atoms with E-state index < -0.39 is 6.04 Å². The number of nitrogens with one attached hydrogen (secondary N) is 1. The summed E-state index contributed by atoms with van der Waals surface area (Å²) in [6.45, 7) is 6.61. The van der Waals surface area contributed by atoms with Crippen LogP contribution in [0.25, 0.3) is 0 Å². The van der Waals surface area contributed by atoms with E-state index >= 15 is 0 Å². The van der Waals surface area contributed by atoms with Crippen molar-refractivity contribution in [2.45, 2.75) is 39.1 Å². The lowest BCUT2D eigenvalue weighted by Crippen LogP contribution is -2.48. The molecule has 0 bridgehead atoms. The first-order valence-electron chi connectivity index (χ1n) is 9.36. The topological polar surface area (TPSA) is 49.4 Å². The Morgan fingerprint density at radius 3 is 2.61 bits per heavy atom. The van der Waals surface area contributed by atoms with E-state index in [0.717, 1.165) is 16.7 Å². The molecule has 150 valence electrons.